The Morgan fingerprint density at radius 2 is 1.95 bits per heavy atom. The number of hydrogen-bond donors (Lipinski definition) is 1. The summed E-state index contributed by atoms with van der Waals surface area (Å²) in [6, 6.07) is 3.99. The summed E-state index contributed by atoms with van der Waals surface area (Å²) in [5, 5.41) is 4.36. The van der Waals surface area contributed by atoms with Gasteiger partial charge in [-0.25, -0.2) is 0 Å². The van der Waals surface area contributed by atoms with Crippen LogP contribution in [0.3, 0.4) is 0 Å². The summed E-state index contributed by atoms with van der Waals surface area (Å²) >= 11 is 0. The number of hydrogen-bond acceptors (Lipinski definition) is 3. The highest BCUT2D eigenvalue weighted by Gasteiger charge is 2.23. The van der Waals surface area contributed by atoms with E-state index in [4.69, 9.17) is 5.73 Å². The fraction of sp³-hybridized carbons (Fsp3) is 0.333. The van der Waals surface area contributed by atoms with Crippen molar-refractivity contribution in [2.24, 2.45) is 7.05 Å². The zero-order chi connectivity index (χ0) is 14.4. The molecule has 20 heavy (non-hydrogen) atoms. The molecule has 1 aliphatic heterocycles. The Morgan fingerprint density at radius 3 is 2.60 bits per heavy atom. The van der Waals surface area contributed by atoms with Crippen LogP contribution in [-0.4, -0.2) is 22.7 Å². The normalized spacial score (nSPS) is 14.6. The number of nitrogens with zero attached hydrogens (tertiary/aromatic N) is 3. The van der Waals surface area contributed by atoms with Gasteiger partial charge in [-0.1, -0.05) is 0 Å². The van der Waals surface area contributed by atoms with Crippen molar-refractivity contribution in [2.75, 3.05) is 17.7 Å². The molecule has 5 heteroatoms. The van der Waals surface area contributed by atoms with Crippen LogP contribution in [0, 0.1) is 6.92 Å². The van der Waals surface area contributed by atoms with Crippen molar-refractivity contribution in [3.05, 3.63) is 29.6 Å². The summed E-state index contributed by atoms with van der Waals surface area (Å²) in [5.74, 6) is 0.141. The third kappa shape index (κ3) is 1.86. The Balaban J connectivity index is 2.16. The molecule has 0 spiro atoms. The first-order valence-corrected chi connectivity index (χ1v) is 6.67. The second kappa shape index (κ2) is 4.37. The second-order valence-electron chi connectivity index (χ2n) is 5.32. The minimum Gasteiger partial charge on any atom is -0.398 e. The fourth-order valence-corrected chi connectivity index (χ4v) is 2.80. The molecule has 2 N–H and O–H groups in total. The molecule has 3 rings (SSSR count). The molecule has 104 valence electrons. The highest BCUT2D eigenvalue weighted by atomic mass is 16.2. The van der Waals surface area contributed by atoms with Crippen LogP contribution in [0.2, 0.25) is 0 Å². The summed E-state index contributed by atoms with van der Waals surface area (Å²) in [7, 11) is 3.70. The quantitative estimate of drug-likeness (QED) is 0.805. The van der Waals surface area contributed by atoms with E-state index in [0.717, 1.165) is 28.9 Å². The van der Waals surface area contributed by atoms with Gasteiger partial charge < -0.3 is 10.6 Å². The number of aryl methyl sites for hydroxylation is 3. The standard InChI is InChI=1S/C15H18N4O/c1-9-12(8-18(2)17-9)11-6-10-4-5-15(20)19(3)14(10)7-13(11)16/h6-8H,4-5,16H2,1-3H3. The molecule has 0 fully saturated rings. The Morgan fingerprint density at radius 1 is 1.20 bits per heavy atom. The molecule has 1 amide bonds. The minimum atomic E-state index is 0.141. The number of fused-ring (bicyclic) bond motifs is 1. The summed E-state index contributed by atoms with van der Waals surface area (Å²) in [4.78, 5) is 13.4. The third-order valence-electron chi connectivity index (χ3n) is 3.90. The van der Waals surface area contributed by atoms with Crippen molar-refractivity contribution < 1.29 is 4.79 Å². The number of carbonyl (C=O) groups excluding carboxylic acids is 1. The number of rotatable bonds is 1. The van der Waals surface area contributed by atoms with Gasteiger partial charge in [0, 0.05) is 49.2 Å². The molecule has 0 saturated heterocycles. The Kier molecular flexibility index (Phi) is 2.78. The zero-order valence-corrected chi connectivity index (χ0v) is 12.0. The average molecular weight is 270 g/mol. The number of anilines is 2. The topological polar surface area (TPSA) is 64.2 Å². The van der Waals surface area contributed by atoms with Crippen molar-refractivity contribution >= 4 is 17.3 Å². The second-order valence-corrected chi connectivity index (χ2v) is 5.32. The van der Waals surface area contributed by atoms with E-state index in [1.807, 2.05) is 26.2 Å². The molecule has 2 aromatic rings. The molecule has 0 bridgehead atoms. The van der Waals surface area contributed by atoms with Crippen LogP contribution in [0.15, 0.2) is 18.3 Å². The number of nitrogen functional groups attached to an aromatic ring is 1. The van der Waals surface area contributed by atoms with Gasteiger partial charge in [0.15, 0.2) is 0 Å². The highest BCUT2D eigenvalue weighted by molar-refractivity contribution is 5.97. The van der Waals surface area contributed by atoms with Crippen molar-refractivity contribution in [1.82, 2.24) is 9.78 Å². The Hall–Kier alpha value is -2.30. The molecule has 0 saturated carbocycles. The maximum atomic E-state index is 11.8. The Labute approximate surface area is 118 Å². The number of nitrogens with two attached hydrogens (primary N) is 1. The van der Waals surface area contributed by atoms with Crippen LogP contribution >= 0.6 is 0 Å². The van der Waals surface area contributed by atoms with Crippen LogP contribution in [-0.2, 0) is 18.3 Å². The van der Waals surface area contributed by atoms with Gasteiger partial charge >= 0.3 is 0 Å². The molecule has 5 nitrogen and oxygen atoms in total. The third-order valence-corrected chi connectivity index (χ3v) is 3.90. The zero-order valence-electron chi connectivity index (χ0n) is 12.0. The van der Waals surface area contributed by atoms with E-state index in [9.17, 15) is 4.79 Å². The maximum absolute atomic E-state index is 11.8. The lowest BCUT2D eigenvalue weighted by atomic mass is 9.95. The summed E-state index contributed by atoms with van der Waals surface area (Å²) in [6.07, 6.45) is 3.30. The first-order chi connectivity index (χ1) is 9.47. The fourth-order valence-electron chi connectivity index (χ4n) is 2.80. The van der Waals surface area contributed by atoms with Gasteiger partial charge in [0.25, 0.3) is 0 Å². The van der Waals surface area contributed by atoms with E-state index in [1.165, 1.54) is 5.56 Å². The smallest absolute Gasteiger partial charge is 0.227 e. The molecular weight excluding hydrogens is 252 g/mol. The molecule has 0 unspecified atom stereocenters. The van der Waals surface area contributed by atoms with E-state index in [1.54, 1.807) is 16.6 Å². The molecular formula is C15H18N4O. The molecule has 1 aromatic heterocycles. The van der Waals surface area contributed by atoms with Crippen LogP contribution in [0.4, 0.5) is 11.4 Å². The average Bonchev–Trinajstić information content (AvgIpc) is 2.73. The van der Waals surface area contributed by atoms with Crippen molar-refractivity contribution in [1.29, 1.82) is 0 Å². The number of benzene rings is 1. The molecule has 1 aromatic carbocycles. The highest BCUT2D eigenvalue weighted by Crippen LogP contribution is 2.36. The van der Waals surface area contributed by atoms with Crippen molar-refractivity contribution in [2.45, 2.75) is 19.8 Å². The molecule has 1 aliphatic rings. The minimum absolute atomic E-state index is 0.141. The van der Waals surface area contributed by atoms with E-state index in [2.05, 4.69) is 11.2 Å². The van der Waals surface area contributed by atoms with E-state index < -0.39 is 0 Å². The van der Waals surface area contributed by atoms with E-state index in [-0.39, 0.29) is 5.91 Å². The lowest BCUT2D eigenvalue weighted by Crippen LogP contribution is -2.31. The van der Waals surface area contributed by atoms with E-state index >= 15 is 0 Å². The Bertz CT molecular complexity index is 702. The first-order valence-electron chi connectivity index (χ1n) is 6.67. The van der Waals surface area contributed by atoms with E-state index in [0.29, 0.717) is 12.1 Å². The summed E-state index contributed by atoms with van der Waals surface area (Å²) < 4.78 is 1.79. The monoisotopic (exact) mass is 270 g/mol. The predicted octanol–water partition coefficient (Wildman–Crippen LogP) is 1.89. The molecule has 0 radical (unpaired) electrons. The van der Waals surface area contributed by atoms with Gasteiger partial charge in [0.2, 0.25) is 5.91 Å². The number of carbonyl (C=O) groups is 1. The van der Waals surface area contributed by atoms with Gasteiger partial charge in [-0.3, -0.25) is 9.48 Å². The number of amides is 1. The molecule has 0 atom stereocenters. The van der Waals surface area contributed by atoms with Crippen LogP contribution in [0.25, 0.3) is 11.1 Å². The summed E-state index contributed by atoms with van der Waals surface area (Å²) in [6.45, 7) is 1.98. The van der Waals surface area contributed by atoms with Crippen LogP contribution in [0.5, 0.6) is 0 Å². The van der Waals surface area contributed by atoms with Gasteiger partial charge in [0.05, 0.1) is 5.69 Å². The molecule has 0 aliphatic carbocycles. The van der Waals surface area contributed by atoms with Gasteiger partial charge in [-0.05, 0) is 31.0 Å². The predicted molar refractivity (Wildman–Crippen MR) is 79.5 cm³/mol. The lowest BCUT2D eigenvalue weighted by molar-refractivity contribution is -0.118. The van der Waals surface area contributed by atoms with Crippen LogP contribution in [0.1, 0.15) is 17.7 Å². The van der Waals surface area contributed by atoms with Gasteiger partial charge in [0.1, 0.15) is 0 Å². The molecule has 2 heterocycles. The van der Waals surface area contributed by atoms with Crippen molar-refractivity contribution in [3.8, 4) is 11.1 Å². The number of aromatic nitrogens is 2. The van der Waals surface area contributed by atoms with Gasteiger partial charge in [-0.15, -0.1) is 0 Å². The largest absolute Gasteiger partial charge is 0.398 e. The SMILES string of the molecule is Cc1nn(C)cc1-c1cc2c(cc1N)N(C)C(=O)CC2. The van der Waals surface area contributed by atoms with Crippen LogP contribution < -0.4 is 10.6 Å². The van der Waals surface area contributed by atoms with Crippen molar-refractivity contribution in [3.63, 3.8) is 0 Å². The first kappa shape index (κ1) is 12.7. The lowest BCUT2D eigenvalue weighted by Gasteiger charge is -2.27. The summed E-state index contributed by atoms with van der Waals surface area (Å²) in [5.41, 5.74) is 12.0. The maximum Gasteiger partial charge on any atom is 0.227 e. The van der Waals surface area contributed by atoms with Gasteiger partial charge in [-0.2, -0.15) is 5.10 Å².